The largest absolute Gasteiger partial charge is 0.461 e. The van der Waals surface area contributed by atoms with Crippen LogP contribution in [0, 0.1) is 0 Å². The maximum Gasteiger partial charge on any atom is 0.221 e. The topological polar surface area (TPSA) is 71.3 Å². The van der Waals surface area contributed by atoms with Crippen molar-refractivity contribution >= 4 is 22.6 Å². The molecule has 2 heterocycles. The number of nitrogens with zero attached hydrogens (tertiary/aromatic N) is 3. The van der Waals surface area contributed by atoms with Gasteiger partial charge in [-0.2, -0.15) is 0 Å². The summed E-state index contributed by atoms with van der Waals surface area (Å²) in [6.07, 6.45) is 4.27. The van der Waals surface area contributed by atoms with E-state index < -0.39 is 0 Å². The normalized spacial score (nSPS) is 13.9. The molecule has 0 aliphatic heterocycles. The van der Waals surface area contributed by atoms with Crippen molar-refractivity contribution in [3.05, 3.63) is 42.7 Å². The first kappa shape index (κ1) is 17.5. The van der Waals surface area contributed by atoms with Crippen LogP contribution in [0.4, 0.5) is 5.82 Å². The molecular weight excluding hydrogens is 340 g/mol. The molecule has 0 unspecified atom stereocenters. The van der Waals surface area contributed by atoms with Crippen molar-refractivity contribution in [1.82, 2.24) is 15.3 Å². The van der Waals surface area contributed by atoms with Gasteiger partial charge in [0, 0.05) is 30.4 Å². The number of para-hydroxylation sites is 1. The number of carbonyl (C=O) groups excluding carboxylic acids is 1. The highest BCUT2D eigenvalue weighted by atomic mass is 16.3. The first-order valence-corrected chi connectivity index (χ1v) is 9.48. The second kappa shape index (κ2) is 7.39. The highest BCUT2D eigenvalue weighted by Gasteiger charge is 2.24. The van der Waals surface area contributed by atoms with E-state index in [1.54, 1.807) is 6.26 Å². The van der Waals surface area contributed by atoms with E-state index in [0.29, 0.717) is 30.6 Å². The van der Waals surface area contributed by atoms with Crippen LogP contribution in [0.15, 0.2) is 47.1 Å². The van der Waals surface area contributed by atoms with Crippen LogP contribution in [0.5, 0.6) is 0 Å². The Kier molecular flexibility index (Phi) is 4.79. The van der Waals surface area contributed by atoms with E-state index in [1.807, 2.05) is 36.4 Å². The molecule has 1 amide bonds. The third-order valence-electron chi connectivity index (χ3n) is 4.74. The summed E-state index contributed by atoms with van der Waals surface area (Å²) in [5.41, 5.74) is 0.863. The second-order valence-corrected chi connectivity index (χ2v) is 7.24. The fraction of sp³-hybridized carbons (Fsp3) is 0.381. The monoisotopic (exact) mass is 364 g/mol. The summed E-state index contributed by atoms with van der Waals surface area (Å²) in [5, 5.41) is 4.03. The van der Waals surface area contributed by atoms with Gasteiger partial charge in [-0.3, -0.25) is 4.79 Å². The number of aromatic nitrogens is 2. The first-order valence-electron chi connectivity index (χ1n) is 9.48. The predicted molar refractivity (Wildman–Crippen MR) is 106 cm³/mol. The van der Waals surface area contributed by atoms with Gasteiger partial charge in [0.25, 0.3) is 0 Å². The number of furan rings is 1. The van der Waals surface area contributed by atoms with Gasteiger partial charge in [-0.05, 0) is 51.0 Å². The summed E-state index contributed by atoms with van der Waals surface area (Å²) >= 11 is 0. The highest BCUT2D eigenvalue weighted by Crippen LogP contribution is 2.29. The molecule has 0 saturated heterocycles. The van der Waals surface area contributed by atoms with Crippen LogP contribution in [-0.4, -0.2) is 34.5 Å². The molecule has 1 saturated carbocycles. The zero-order chi connectivity index (χ0) is 18.8. The molecule has 0 bridgehead atoms. The lowest BCUT2D eigenvalue weighted by Gasteiger charge is -2.29. The highest BCUT2D eigenvalue weighted by molar-refractivity contribution is 5.91. The van der Waals surface area contributed by atoms with Gasteiger partial charge in [0.1, 0.15) is 5.82 Å². The third-order valence-corrected chi connectivity index (χ3v) is 4.74. The van der Waals surface area contributed by atoms with Crippen molar-refractivity contribution in [2.75, 3.05) is 11.4 Å². The van der Waals surface area contributed by atoms with Gasteiger partial charge in [0.05, 0.1) is 11.8 Å². The Bertz CT molecular complexity index is 933. The van der Waals surface area contributed by atoms with Gasteiger partial charge >= 0.3 is 0 Å². The zero-order valence-electron chi connectivity index (χ0n) is 15.7. The Hall–Kier alpha value is -2.89. The molecule has 0 spiro atoms. The molecule has 1 N–H and O–H groups in total. The van der Waals surface area contributed by atoms with Crippen LogP contribution < -0.4 is 10.2 Å². The SMILES string of the molecule is CC(C)N(CCC(=O)NC1CC1)c1nc(-c2ccco2)nc2ccccc12. The number of fused-ring (bicyclic) bond motifs is 1. The average Bonchev–Trinajstić information content (AvgIpc) is 3.30. The molecule has 0 radical (unpaired) electrons. The summed E-state index contributed by atoms with van der Waals surface area (Å²) in [5.74, 6) is 2.13. The molecule has 3 aromatic rings. The quantitative estimate of drug-likeness (QED) is 0.691. The van der Waals surface area contributed by atoms with E-state index in [0.717, 1.165) is 29.6 Å². The Morgan fingerprint density at radius 3 is 2.74 bits per heavy atom. The number of benzene rings is 1. The smallest absolute Gasteiger partial charge is 0.221 e. The lowest BCUT2D eigenvalue weighted by molar-refractivity contribution is -0.121. The molecule has 6 nitrogen and oxygen atoms in total. The van der Waals surface area contributed by atoms with Gasteiger partial charge in [-0.15, -0.1) is 0 Å². The van der Waals surface area contributed by atoms with Gasteiger partial charge in [0.15, 0.2) is 11.6 Å². The lowest BCUT2D eigenvalue weighted by Crippen LogP contribution is -2.36. The van der Waals surface area contributed by atoms with Gasteiger partial charge in [-0.1, -0.05) is 12.1 Å². The molecule has 27 heavy (non-hydrogen) atoms. The molecule has 1 aliphatic rings. The Balaban J connectivity index is 1.68. The van der Waals surface area contributed by atoms with Crippen molar-refractivity contribution < 1.29 is 9.21 Å². The van der Waals surface area contributed by atoms with Crippen LogP contribution in [-0.2, 0) is 4.79 Å². The fourth-order valence-corrected chi connectivity index (χ4v) is 3.15. The third kappa shape index (κ3) is 3.94. The zero-order valence-corrected chi connectivity index (χ0v) is 15.7. The fourth-order valence-electron chi connectivity index (χ4n) is 3.15. The number of rotatable bonds is 7. The van der Waals surface area contributed by atoms with Crippen molar-refractivity contribution in [2.24, 2.45) is 0 Å². The Labute approximate surface area is 158 Å². The van der Waals surface area contributed by atoms with Crippen molar-refractivity contribution in [1.29, 1.82) is 0 Å². The van der Waals surface area contributed by atoms with E-state index in [-0.39, 0.29) is 11.9 Å². The number of nitrogens with one attached hydrogen (secondary N) is 1. The van der Waals surface area contributed by atoms with E-state index in [2.05, 4.69) is 29.0 Å². The second-order valence-electron chi connectivity index (χ2n) is 7.24. The minimum absolute atomic E-state index is 0.104. The number of amides is 1. The van der Waals surface area contributed by atoms with E-state index in [1.165, 1.54) is 0 Å². The van der Waals surface area contributed by atoms with Crippen LogP contribution in [0.25, 0.3) is 22.5 Å². The summed E-state index contributed by atoms with van der Waals surface area (Å²) in [4.78, 5) is 23.8. The Morgan fingerprint density at radius 2 is 2.04 bits per heavy atom. The molecular formula is C21H24N4O2. The maximum absolute atomic E-state index is 12.2. The van der Waals surface area contributed by atoms with E-state index in [9.17, 15) is 4.79 Å². The van der Waals surface area contributed by atoms with Crippen molar-refractivity contribution in [3.63, 3.8) is 0 Å². The number of anilines is 1. The van der Waals surface area contributed by atoms with Gasteiger partial charge in [0.2, 0.25) is 5.91 Å². The van der Waals surface area contributed by atoms with Crippen LogP contribution in [0.2, 0.25) is 0 Å². The molecule has 140 valence electrons. The summed E-state index contributed by atoms with van der Waals surface area (Å²) in [6, 6.07) is 12.2. The van der Waals surface area contributed by atoms with Crippen LogP contribution in [0.1, 0.15) is 33.1 Å². The molecule has 6 heteroatoms. The minimum atomic E-state index is 0.104. The average molecular weight is 364 g/mol. The number of carbonyl (C=O) groups is 1. The molecule has 1 aliphatic carbocycles. The van der Waals surface area contributed by atoms with Crippen molar-refractivity contribution in [2.45, 2.75) is 45.2 Å². The van der Waals surface area contributed by atoms with Gasteiger partial charge < -0.3 is 14.6 Å². The summed E-state index contributed by atoms with van der Waals surface area (Å²) < 4.78 is 5.50. The van der Waals surface area contributed by atoms with Crippen LogP contribution >= 0.6 is 0 Å². The number of hydrogen-bond acceptors (Lipinski definition) is 5. The van der Waals surface area contributed by atoms with Gasteiger partial charge in [-0.25, -0.2) is 9.97 Å². The van der Waals surface area contributed by atoms with Crippen molar-refractivity contribution in [3.8, 4) is 11.6 Å². The Morgan fingerprint density at radius 1 is 1.22 bits per heavy atom. The standard InChI is InChI=1S/C21H24N4O2/c1-14(2)25(12-11-19(26)22-15-9-10-15)21-16-6-3-4-7-17(16)23-20(24-21)18-8-5-13-27-18/h3-8,13-15H,9-12H2,1-2H3,(H,22,26). The molecule has 1 fully saturated rings. The molecule has 1 aromatic carbocycles. The van der Waals surface area contributed by atoms with Crippen LogP contribution in [0.3, 0.4) is 0 Å². The predicted octanol–water partition coefficient (Wildman–Crippen LogP) is 3.77. The summed E-state index contributed by atoms with van der Waals surface area (Å²) in [7, 11) is 0. The maximum atomic E-state index is 12.2. The molecule has 0 atom stereocenters. The first-order chi connectivity index (χ1) is 13.1. The van der Waals surface area contributed by atoms with E-state index in [4.69, 9.17) is 9.40 Å². The lowest BCUT2D eigenvalue weighted by atomic mass is 10.2. The number of hydrogen-bond donors (Lipinski definition) is 1. The van der Waals surface area contributed by atoms with E-state index >= 15 is 0 Å². The molecule has 2 aromatic heterocycles. The summed E-state index contributed by atoms with van der Waals surface area (Å²) in [6.45, 7) is 4.83. The molecule has 4 rings (SSSR count). The minimum Gasteiger partial charge on any atom is -0.461 e.